The molecule has 0 saturated carbocycles. The molecule has 0 amide bonds. The van der Waals surface area contributed by atoms with Gasteiger partial charge in [-0.05, 0) is 38.4 Å². The highest BCUT2D eigenvalue weighted by Crippen LogP contribution is 2.40. The van der Waals surface area contributed by atoms with Crippen LogP contribution < -0.4 is 0 Å². The van der Waals surface area contributed by atoms with Crippen molar-refractivity contribution in [2.45, 2.75) is 0 Å². The van der Waals surface area contributed by atoms with E-state index in [9.17, 15) is 0 Å². The van der Waals surface area contributed by atoms with E-state index in [1.165, 1.54) is 42.4 Å². The summed E-state index contributed by atoms with van der Waals surface area (Å²) in [6.45, 7) is 0. The molecule has 0 unspecified atom stereocenters. The first-order valence-electron chi connectivity index (χ1n) is 7.13. The molecule has 1 heterocycles. The molecule has 1 heteroatoms. The zero-order valence-corrected chi connectivity index (χ0v) is 12.2. The van der Waals surface area contributed by atoms with Crippen LogP contribution in [-0.2, 0) is 0 Å². The Labute approximate surface area is 126 Å². The van der Waals surface area contributed by atoms with Crippen LogP contribution in [0.5, 0.6) is 0 Å². The molecular weight excluding hydrogens is 272 g/mol. The molecule has 0 bridgehead atoms. The van der Waals surface area contributed by atoms with E-state index in [1.54, 1.807) is 0 Å². The van der Waals surface area contributed by atoms with E-state index in [0.717, 1.165) is 0 Å². The van der Waals surface area contributed by atoms with Gasteiger partial charge in [-0.25, -0.2) is 0 Å². The van der Waals surface area contributed by atoms with Gasteiger partial charge >= 0.3 is 0 Å². The molecule has 4 aromatic carbocycles. The van der Waals surface area contributed by atoms with Gasteiger partial charge in [-0.3, -0.25) is 0 Å². The van der Waals surface area contributed by atoms with Gasteiger partial charge in [0.25, 0.3) is 0 Å². The van der Waals surface area contributed by atoms with E-state index in [1.807, 2.05) is 11.3 Å². The first-order valence-corrected chi connectivity index (χ1v) is 8.01. The maximum Gasteiger partial charge on any atom is 0.0427 e. The smallest absolute Gasteiger partial charge is 0.0427 e. The van der Waals surface area contributed by atoms with Crippen LogP contribution in [0, 0.1) is 0 Å². The van der Waals surface area contributed by atoms with Gasteiger partial charge < -0.3 is 0 Å². The summed E-state index contributed by atoms with van der Waals surface area (Å²) in [7, 11) is 0. The van der Waals surface area contributed by atoms with Crippen molar-refractivity contribution in [1.29, 1.82) is 0 Å². The summed E-state index contributed by atoms with van der Waals surface area (Å²) in [5.74, 6) is 0. The minimum absolute atomic E-state index is 1.31. The monoisotopic (exact) mass is 284 g/mol. The van der Waals surface area contributed by atoms with Crippen molar-refractivity contribution >= 4 is 53.7 Å². The summed E-state index contributed by atoms with van der Waals surface area (Å²) < 4.78 is 1.40. The van der Waals surface area contributed by atoms with Gasteiger partial charge in [-0.2, -0.15) is 0 Å². The average Bonchev–Trinajstić information content (AvgIpc) is 3.04. The molecule has 0 saturated heterocycles. The standard InChI is InChI=1S/C20H12S/c1-2-6-14-13(5-1)9-10-18-19(14)16-8-4-3-7-15(16)17-11-12-21-20(17)18/h1-12H. The van der Waals surface area contributed by atoms with Gasteiger partial charge in [-0.1, -0.05) is 60.7 Å². The van der Waals surface area contributed by atoms with Crippen molar-refractivity contribution < 1.29 is 0 Å². The molecule has 0 nitrogen and oxygen atoms in total. The molecule has 0 radical (unpaired) electrons. The second-order valence-electron chi connectivity index (χ2n) is 5.42. The van der Waals surface area contributed by atoms with Gasteiger partial charge in [0.2, 0.25) is 0 Å². The van der Waals surface area contributed by atoms with Gasteiger partial charge in [0, 0.05) is 15.5 Å². The van der Waals surface area contributed by atoms with Crippen molar-refractivity contribution in [2.24, 2.45) is 0 Å². The summed E-state index contributed by atoms with van der Waals surface area (Å²) in [6.07, 6.45) is 0. The Morgan fingerprint density at radius 2 is 1.29 bits per heavy atom. The average molecular weight is 284 g/mol. The normalized spacial score (nSPS) is 11.8. The highest BCUT2D eigenvalue weighted by molar-refractivity contribution is 7.18. The van der Waals surface area contributed by atoms with Crippen LogP contribution in [0.25, 0.3) is 42.4 Å². The number of fused-ring (bicyclic) bond motifs is 8. The predicted molar refractivity (Wildman–Crippen MR) is 94.3 cm³/mol. The van der Waals surface area contributed by atoms with E-state index in [-0.39, 0.29) is 0 Å². The van der Waals surface area contributed by atoms with Crippen molar-refractivity contribution in [3.63, 3.8) is 0 Å². The lowest BCUT2D eigenvalue weighted by atomic mass is 9.95. The minimum atomic E-state index is 1.31. The lowest BCUT2D eigenvalue weighted by molar-refractivity contribution is 1.80. The second kappa shape index (κ2) is 4.06. The topological polar surface area (TPSA) is 0 Å². The molecule has 21 heavy (non-hydrogen) atoms. The third-order valence-corrected chi connectivity index (χ3v) is 5.27. The molecule has 0 atom stereocenters. The van der Waals surface area contributed by atoms with Gasteiger partial charge in [0.15, 0.2) is 0 Å². The number of thiophene rings is 1. The van der Waals surface area contributed by atoms with Crippen LogP contribution >= 0.6 is 11.3 Å². The third-order valence-electron chi connectivity index (χ3n) is 4.33. The Balaban J connectivity index is 2.25. The molecule has 0 aliphatic rings. The van der Waals surface area contributed by atoms with E-state index >= 15 is 0 Å². The zero-order valence-electron chi connectivity index (χ0n) is 11.3. The van der Waals surface area contributed by atoms with Crippen molar-refractivity contribution in [3.8, 4) is 0 Å². The number of benzene rings is 4. The maximum absolute atomic E-state index is 2.28. The van der Waals surface area contributed by atoms with Gasteiger partial charge in [0.1, 0.15) is 0 Å². The maximum atomic E-state index is 2.28. The van der Waals surface area contributed by atoms with Crippen molar-refractivity contribution in [3.05, 3.63) is 72.1 Å². The summed E-state index contributed by atoms with van der Waals surface area (Å²) in [5.41, 5.74) is 0. The van der Waals surface area contributed by atoms with Gasteiger partial charge in [0.05, 0.1) is 0 Å². The van der Waals surface area contributed by atoms with Crippen LogP contribution in [0.2, 0.25) is 0 Å². The highest BCUT2D eigenvalue weighted by atomic mass is 32.1. The summed E-state index contributed by atoms with van der Waals surface area (Å²) in [5, 5.41) is 11.7. The van der Waals surface area contributed by atoms with Crippen molar-refractivity contribution in [2.75, 3.05) is 0 Å². The minimum Gasteiger partial charge on any atom is -0.143 e. The van der Waals surface area contributed by atoms with Crippen molar-refractivity contribution in [1.82, 2.24) is 0 Å². The molecule has 0 N–H and O–H groups in total. The Kier molecular flexibility index (Phi) is 2.18. The first-order chi connectivity index (χ1) is 10.4. The first kappa shape index (κ1) is 11.3. The summed E-state index contributed by atoms with van der Waals surface area (Å²) in [6, 6.07) is 24.2. The molecule has 98 valence electrons. The van der Waals surface area contributed by atoms with Crippen LogP contribution in [0.15, 0.2) is 72.1 Å². The Morgan fingerprint density at radius 1 is 0.524 bits per heavy atom. The second-order valence-corrected chi connectivity index (χ2v) is 6.33. The molecule has 5 aromatic rings. The molecule has 0 aliphatic carbocycles. The molecule has 5 rings (SSSR count). The van der Waals surface area contributed by atoms with Crippen LogP contribution in [0.1, 0.15) is 0 Å². The third kappa shape index (κ3) is 1.44. The number of hydrogen-bond acceptors (Lipinski definition) is 1. The van der Waals surface area contributed by atoms with Crippen LogP contribution in [0.3, 0.4) is 0 Å². The summed E-state index contributed by atoms with van der Waals surface area (Å²) in [4.78, 5) is 0. The molecule has 0 fully saturated rings. The van der Waals surface area contributed by atoms with Crippen LogP contribution in [-0.4, -0.2) is 0 Å². The lowest BCUT2D eigenvalue weighted by Gasteiger charge is -2.10. The quantitative estimate of drug-likeness (QED) is 0.290. The highest BCUT2D eigenvalue weighted by Gasteiger charge is 2.11. The van der Waals surface area contributed by atoms with E-state index < -0.39 is 0 Å². The Bertz CT molecular complexity index is 1130. The Hall–Kier alpha value is -2.38. The van der Waals surface area contributed by atoms with Gasteiger partial charge in [-0.15, -0.1) is 11.3 Å². The fourth-order valence-corrected chi connectivity index (χ4v) is 4.36. The molecular formula is C20H12S. The Morgan fingerprint density at radius 3 is 2.19 bits per heavy atom. The molecule has 0 spiro atoms. The van der Waals surface area contributed by atoms with E-state index in [4.69, 9.17) is 0 Å². The SMILES string of the molecule is c1ccc2c(c1)ccc1c3sccc3c3ccccc3c21. The molecule has 1 aromatic heterocycles. The predicted octanol–water partition coefficient (Wildman–Crippen LogP) is 6.36. The number of hydrogen-bond donors (Lipinski definition) is 0. The lowest BCUT2D eigenvalue weighted by Crippen LogP contribution is -1.82. The van der Waals surface area contributed by atoms with E-state index in [2.05, 4.69) is 72.1 Å². The summed E-state index contributed by atoms with van der Waals surface area (Å²) >= 11 is 1.84. The zero-order chi connectivity index (χ0) is 13.8. The van der Waals surface area contributed by atoms with E-state index in [0.29, 0.717) is 0 Å². The molecule has 0 aliphatic heterocycles. The van der Waals surface area contributed by atoms with Crippen LogP contribution in [0.4, 0.5) is 0 Å². The number of rotatable bonds is 0. The fraction of sp³-hybridized carbons (Fsp3) is 0. The fourth-order valence-electron chi connectivity index (χ4n) is 3.42. The largest absolute Gasteiger partial charge is 0.143 e.